The third-order valence-corrected chi connectivity index (χ3v) is 3.34. The molecule has 5 heteroatoms. The Morgan fingerprint density at radius 2 is 2.28 bits per heavy atom. The molecule has 18 heavy (non-hydrogen) atoms. The van der Waals surface area contributed by atoms with Gasteiger partial charge < -0.3 is 14.6 Å². The molecule has 0 bridgehead atoms. The first-order chi connectivity index (χ1) is 8.67. The van der Waals surface area contributed by atoms with E-state index in [4.69, 9.17) is 9.47 Å². The van der Waals surface area contributed by atoms with E-state index < -0.39 is 6.23 Å². The predicted octanol–water partition coefficient (Wildman–Crippen LogP) is 1.39. The van der Waals surface area contributed by atoms with Gasteiger partial charge in [0, 0.05) is 0 Å². The van der Waals surface area contributed by atoms with E-state index in [-0.39, 0.29) is 12.2 Å². The van der Waals surface area contributed by atoms with E-state index >= 15 is 0 Å². The number of aliphatic imine (C=N–C) groups is 1. The summed E-state index contributed by atoms with van der Waals surface area (Å²) in [6, 6.07) is 2.15. The summed E-state index contributed by atoms with van der Waals surface area (Å²) in [6.07, 6.45) is 0.705. The number of aliphatic hydroxyl groups excluding tert-OH is 1. The zero-order valence-electron chi connectivity index (χ0n) is 10.7. The summed E-state index contributed by atoms with van der Waals surface area (Å²) < 4.78 is 11.3. The van der Waals surface area contributed by atoms with Crippen molar-refractivity contribution < 1.29 is 14.6 Å². The summed E-state index contributed by atoms with van der Waals surface area (Å²) in [5, 5.41) is 19.1. The van der Waals surface area contributed by atoms with Crippen LogP contribution in [-0.4, -0.2) is 36.5 Å². The smallest absolute Gasteiger partial charge is 0.158 e. The summed E-state index contributed by atoms with van der Waals surface area (Å²) in [6.45, 7) is 4.48. The van der Waals surface area contributed by atoms with Gasteiger partial charge in [-0.1, -0.05) is 13.3 Å². The van der Waals surface area contributed by atoms with Crippen LogP contribution in [0.4, 0.5) is 0 Å². The average molecular weight is 250 g/mol. The molecular weight excluding hydrogens is 232 g/mol. The minimum Gasteiger partial charge on any atom is -0.371 e. The van der Waals surface area contributed by atoms with Gasteiger partial charge in [-0.15, -0.1) is 0 Å². The van der Waals surface area contributed by atoms with Crippen LogP contribution < -0.4 is 0 Å². The molecule has 98 valence electrons. The number of rotatable bonds is 2. The van der Waals surface area contributed by atoms with Gasteiger partial charge in [0.25, 0.3) is 0 Å². The second-order valence-electron chi connectivity index (χ2n) is 4.61. The van der Waals surface area contributed by atoms with E-state index in [1.807, 2.05) is 0 Å². The number of allylic oxidation sites excluding steroid dienone is 1. The van der Waals surface area contributed by atoms with Gasteiger partial charge in [0.2, 0.25) is 0 Å². The molecule has 1 fully saturated rings. The molecule has 0 saturated carbocycles. The van der Waals surface area contributed by atoms with Crippen molar-refractivity contribution in [2.45, 2.75) is 39.2 Å². The molecule has 2 aliphatic heterocycles. The molecule has 1 N–H and O–H groups in total. The molecule has 0 radical (unpaired) electrons. The molecule has 1 saturated heterocycles. The maximum absolute atomic E-state index is 9.96. The Labute approximate surface area is 107 Å². The van der Waals surface area contributed by atoms with Crippen molar-refractivity contribution in [3.63, 3.8) is 0 Å². The summed E-state index contributed by atoms with van der Waals surface area (Å²) in [7, 11) is 0. The fraction of sp³-hybridized carbons (Fsp3) is 0.692. The fourth-order valence-electron chi connectivity index (χ4n) is 2.31. The first-order valence-corrected chi connectivity index (χ1v) is 6.26. The second-order valence-corrected chi connectivity index (χ2v) is 4.61. The van der Waals surface area contributed by atoms with E-state index in [0.717, 1.165) is 18.4 Å². The number of hydrogen-bond donors (Lipinski definition) is 1. The molecule has 2 aliphatic rings. The minimum atomic E-state index is -0.832. The third kappa shape index (κ3) is 2.46. The maximum Gasteiger partial charge on any atom is 0.158 e. The zero-order valence-corrected chi connectivity index (χ0v) is 10.7. The Bertz CT molecular complexity index is 422. The highest BCUT2D eigenvalue weighted by molar-refractivity contribution is 6.03. The molecule has 2 rings (SSSR count). The van der Waals surface area contributed by atoms with Gasteiger partial charge in [-0.3, -0.25) is 4.99 Å². The van der Waals surface area contributed by atoms with Crippen LogP contribution in [0, 0.1) is 17.2 Å². The number of nitrogens with zero attached hydrogens (tertiary/aromatic N) is 2. The van der Waals surface area contributed by atoms with Crippen molar-refractivity contribution in [1.29, 1.82) is 5.26 Å². The normalized spacial score (nSPS) is 32.3. The molecular formula is C13H18N2O3. The van der Waals surface area contributed by atoms with Crippen LogP contribution in [-0.2, 0) is 9.47 Å². The topological polar surface area (TPSA) is 74.8 Å². The SMILES string of the molecule is CCCC1OCC2=C(C#N)C(C)=NC(O)C2CO1. The van der Waals surface area contributed by atoms with Gasteiger partial charge in [0.15, 0.2) is 12.5 Å². The first-order valence-electron chi connectivity index (χ1n) is 6.26. The third-order valence-electron chi connectivity index (χ3n) is 3.34. The summed E-state index contributed by atoms with van der Waals surface area (Å²) in [5.41, 5.74) is 1.93. The Balaban J connectivity index is 2.25. The van der Waals surface area contributed by atoms with E-state index in [1.54, 1.807) is 6.92 Å². The van der Waals surface area contributed by atoms with Crippen molar-refractivity contribution in [3.05, 3.63) is 11.1 Å². The van der Waals surface area contributed by atoms with Crippen molar-refractivity contribution in [3.8, 4) is 6.07 Å². The molecule has 3 atom stereocenters. The number of hydrogen-bond acceptors (Lipinski definition) is 5. The highest BCUT2D eigenvalue weighted by Gasteiger charge is 2.34. The lowest BCUT2D eigenvalue weighted by Gasteiger charge is -2.25. The zero-order chi connectivity index (χ0) is 13.1. The van der Waals surface area contributed by atoms with Gasteiger partial charge in [0.1, 0.15) is 6.07 Å². The van der Waals surface area contributed by atoms with Gasteiger partial charge in [-0.05, 0) is 18.9 Å². The number of nitriles is 1. The van der Waals surface area contributed by atoms with E-state index in [1.165, 1.54) is 0 Å². The average Bonchev–Trinajstić information content (AvgIpc) is 2.54. The quantitative estimate of drug-likeness (QED) is 0.803. The Hall–Kier alpha value is -1.22. The largest absolute Gasteiger partial charge is 0.371 e. The molecule has 0 aromatic carbocycles. The van der Waals surface area contributed by atoms with Crippen molar-refractivity contribution in [1.82, 2.24) is 0 Å². The summed E-state index contributed by atoms with van der Waals surface area (Å²) >= 11 is 0. The van der Waals surface area contributed by atoms with Gasteiger partial charge >= 0.3 is 0 Å². The van der Waals surface area contributed by atoms with Gasteiger partial charge in [-0.2, -0.15) is 5.26 Å². The van der Waals surface area contributed by atoms with Crippen LogP contribution in [0.1, 0.15) is 26.7 Å². The highest BCUT2D eigenvalue weighted by atomic mass is 16.7. The molecule has 0 aliphatic carbocycles. The lowest BCUT2D eigenvalue weighted by atomic mass is 9.89. The lowest BCUT2D eigenvalue weighted by Crippen LogP contribution is -2.31. The van der Waals surface area contributed by atoms with Crippen molar-refractivity contribution in [2.24, 2.45) is 10.9 Å². The summed E-state index contributed by atoms with van der Waals surface area (Å²) in [5.74, 6) is -0.259. The number of ether oxygens (including phenoxy) is 2. The number of fused-ring (bicyclic) bond motifs is 1. The second kappa shape index (κ2) is 5.61. The lowest BCUT2D eigenvalue weighted by molar-refractivity contribution is -0.133. The van der Waals surface area contributed by atoms with E-state index in [2.05, 4.69) is 18.0 Å². The van der Waals surface area contributed by atoms with Crippen molar-refractivity contribution in [2.75, 3.05) is 13.2 Å². The maximum atomic E-state index is 9.96. The Kier molecular flexibility index (Phi) is 4.12. The van der Waals surface area contributed by atoms with Crippen LogP contribution in [0.5, 0.6) is 0 Å². The number of dihydropyridines is 1. The predicted molar refractivity (Wildman–Crippen MR) is 65.8 cm³/mol. The standard InChI is InChI=1S/C13H18N2O3/c1-3-4-12-17-6-10-9(5-14)8(2)15-13(16)11(10)7-18-12/h11-13,16H,3-4,6-7H2,1-2H3. The first kappa shape index (κ1) is 13.2. The highest BCUT2D eigenvalue weighted by Crippen LogP contribution is 2.30. The molecule has 0 aromatic heterocycles. The molecule has 5 nitrogen and oxygen atoms in total. The van der Waals surface area contributed by atoms with Crippen LogP contribution in [0.3, 0.4) is 0 Å². The van der Waals surface area contributed by atoms with Gasteiger partial charge in [-0.25, -0.2) is 0 Å². The van der Waals surface area contributed by atoms with Gasteiger partial charge in [0.05, 0.1) is 30.4 Å². The van der Waals surface area contributed by atoms with Crippen LogP contribution >= 0.6 is 0 Å². The monoisotopic (exact) mass is 250 g/mol. The molecule has 0 spiro atoms. The summed E-state index contributed by atoms with van der Waals surface area (Å²) in [4.78, 5) is 4.09. The molecule has 0 aromatic rings. The molecule has 3 unspecified atom stereocenters. The minimum absolute atomic E-state index is 0.249. The molecule has 2 heterocycles. The van der Waals surface area contributed by atoms with E-state index in [0.29, 0.717) is 24.5 Å². The Morgan fingerprint density at radius 1 is 1.50 bits per heavy atom. The van der Waals surface area contributed by atoms with Crippen LogP contribution in [0.2, 0.25) is 0 Å². The fourth-order valence-corrected chi connectivity index (χ4v) is 2.31. The van der Waals surface area contributed by atoms with Crippen LogP contribution in [0.15, 0.2) is 16.1 Å². The van der Waals surface area contributed by atoms with Crippen LogP contribution in [0.25, 0.3) is 0 Å². The van der Waals surface area contributed by atoms with Crippen molar-refractivity contribution >= 4 is 5.71 Å². The Morgan fingerprint density at radius 3 is 2.94 bits per heavy atom. The number of aliphatic hydroxyl groups is 1. The molecule has 0 amide bonds. The van der Waals surface area contributed by atoms with E-state index in [9.17, 15) is 10.4 Å².